The number of guanidine groups is 1. The first kappa shape index (κ1) is 16.9. The second kappa shape index (κ2) is 7.67. The minimum absolute atomic E-state index is 0.105. The van der Waals surface area contributed by atoms with Crippen LogP contribution in [-0.2, 0) is 19.1 Å². The van der Waals surface area contributed by atoms with E-state index in [1.54, 1.807) is 6.07 Å². The SMILES string of the molecule is NC(=NCc1cccc(C(F)(F)F)c1)NCCc1ccccc1. The second-order valence-corrected chi connectivity index (χ2v) is 5.06. The van der Waals surface area contributed by atoms with E-state index in [0.29, 0.717) is 12.1 Å². The molecule has 0 aromatic heterocycles. The fourth-order valence-corrected chi connectivity index (χ4v) is 2.06. The van der Waals surface area contributed by atoms with Crippen molar-refractivity contribution in [3.05, 3.63) is 71.3 Å². The van der Waals surface area contributed by atoms with E-state index >= 15 is 0 Å². The van der Waals surface area contributed by atoms with Crippen LogP contribution in [0.2, 0.25) is 0 Å². The van der Waals surface area contributed by atoms with Crippen LogP contribution in [0, 0.1) is 0 Å². The molecule has 0 aliphatic rings. The minimum Gasteiger partial charge on any atom is -0.370 e. The van der Waals surface area contributed by atoms with Gasteiger partial charge in [0.25, 0.3) is 0 Å². The number of rotatable bonds is 5. The summed E-state index contributed by atoms with van der Waals surface area (Å²) in [6.45, 7) is 0.718. The van der Waals surface area contributed by atoms with Gasteiger partial charge in [0.2, 0.25) is 0 Å². The van der Waals surface area contributed by atoms with E-state index in [1.165, 1.54) is 11.6 Å². The predicted molar refractivity (Wildman–Crippen MR) is 84.9 cm³/mol. The zero-order valence-electron chi connectivity index (χ0n) is 12.5. The summed E-state index contributed by atoms with van der Waals surface area (Å²) in [5.74, 6) is 0.221. The van der Waals surface area contributed by atoms with Crippen molar-refractivity contribution >= 4 is 5.96 Å². The van der Waals surface area contributed by atoms with E-state index in [0.717, 1.165) is 18.6 Å². The largest absolute Gasteiger partial charge is 0.416 e. The number of hydrogen-bond donors (Lipinski definition) is 2. The summed E-state index contributed by atoms with van der Waals surface area (Å²) in [5, 5.41) is 2.95. The lowest BCUT2D eigenvalue weighted by atomic mass is 10.1. The van der Waals surface area contributed by atoms with Crippen molar-refractivity contribution in [2.24, 2.45) is 10.7 Å². The first-order chi connectivity index (χ1) is 10.9. The summed E-state index contributed by atoms with van der Waals surface area (Å²) >= 11 is 0. The molecule has 0 heterocycles. The highest BCUT2D eigenvalue weighted by atomic mass is 19.4. The maximum atomic E-state index is 12.6. The zero-order valence-corrected chi connectivity index (χ0v) is 12.5. The molecule has 0 radical (unpaired) electrons. The third kappa shape index (κ3) is 5.65. The molecule has 0 saturated carbocycles. The van der Waals surface area contributed by atoms with Crippen molar-refractivity contribution in [2.75, 3.05) is 6.54 Å². The summed E-state index contributed by atoms with van der Waals surface area (Å²) in [6, 6.07) is 15.0. The Labute approximate surface area is 133 Å². The number of halogens is 3. The highest BCUT2D eigenvalue weighted by Crippen LogP contribution is 2.29. The zero-order chi connectivity index (χ0) is 16.7. The molecule has 3 nitrogen and oxygen atoms in total. The molecular weight excluding hydrogens is 303 g/mol. The molecule has 0 fully saturated rings. The number of alkyl halides is 3. The molecule has 0 aliphatic carbocycles. The van der Waals surface area contributed by atoms with Crippen LogP contribution in [0.3, 0.4) is 0 Å². The summed E-state index contributed by atoms with van der Waals surface area (Å²) in [6.07, 6.45) is -3.56. The number of nitrogens with two attached hydrogens (primary N) is 1. The Morgan fingerprint density at radius 3 is 2.39 bits per heavy atom. The van der Waals surface area contributed by atoms with Gasteiger partial charge in [0.05, 0.1) is 12.1 Å². The standard InChI is InChI=1S/C17H18F3N3/c18-17(19,20)15-8-4-7-14(11-15)12-23-16(21)22-10-9-13-5-2-1-3-6-13/h1-8,11H,9-10,12H2,(H3,21,22,23). The van der Waals surface area contributed by atoms with Crippen molar-refractivity contribution in [1.82, 2.24) is 5.32 Å². The lowest BCUT2D eigenvalue weighted by Gasteiger charge is -2.08. The molecule has 0 unspecified atom stereocenters. The van der Waals surface area contributed by atoms with Crippen LogP contribution in [0.5, 0.6) is 0 Å². The molecule has 2 aromatic carbocycles. The smallest absolute Gasteiger partial charge is 0.370 e. The number of hydrogen-bond acceptors (Lipinski definition) is 1. The quantitative estimate of drug-likeness (QED) is 0.655. The van der Waals surface area contributed by atoms with Crippen molar-refractivity contribution in [2.45, 2.75) is 19.1 Å². The first-order valence-electron chi connectivity index (χ1n) is 7.19. The van der Waals surface area contributed by atoms with Crippen LogP contribution in [0.15, 0.2) is 59.6 Å². The number of nitrogens with one attached hydrogen (secondary N) is 1. The first-order valence-corrected chi connectivity index (χ1v) is 7.19. The van der Waals surface area contributed by atoms with E-state index in [9.17, 15) is 13.2 Å². The Morgan fingerprint density at radius 2 is 1.70 bits per heavy atom. The molecule has 0 spiro atoms. The summed E-state index contributed by atoms with van der Waals surface area (Å²) in [7, 11) is 0. The minimum atomic E-state index is -4.35. The average molecular weight is 321 g/mol. The predicted octanol–water partition coefficient (Wildman–Crippen LogP) is 3.35. The van der Waals surface area contributed by atoms with Crippen molar-refractivity contribution in [1.29, 1.82) is 0 Å². The highest BCUT2D eigenvalue weighted by Gasteiger charge is 2.30. The molecule has 2 aromatic rings. The Bertz CT molecular complexity index is 652. The van der Waals surface area contributed by atoms with Gasteiger partial charge in [-0.15, -0.1) is 0 Å². The van der Waals surface area contributed by atoms with Crippen LogP contribution in [-0.4, -0.2) is 12.5 Å². The summed E-state index contributed by atoms with van der Waals surface area (Å²) in [5.41, 5.74) is 6.68. The number of nitrogens with zero attached hydrogens (tertiary/aromatic N) is 1. The lowest BCUT2D eigenvalue weighted by molar-refractivity contribution is -0.137. The van der Waals surface area contributed by atoms with Crippen molar-refractivity contribution in [3.8, 4) is 0 Å². The number of benzene rings is 2. The van der Waals surface area contributed by atoms with E-state index in [2.05, 4.69) is 10.3 Å². The molecule has 0 saturated heterocycles. The topological polar surface area (TPSA) is 50.4 Å². The van der Waals surface area contributed by atoms with E-state index in [4.69, 9.17) is 5.73 Å². The monoisotopic (exact) mass is 321 g/mol. The third-order valence-electron chi connectivity index (χ3n) is 3.25. The van der Waals surface area contributed by atoms with Gasteiger partial charge >= 0.3 is 6.18 Å². The molecular formula is C17H18F3N3. The fraction of sp³-hybridized carbons (Fsp3) is 0.235. The Hall–Kier alpha value is -2.50. The van der Waals surface area contributed by atoms with Gasteiger partial charge in [-0.05, 0) is 29.7 Å². The number of aliphatic imine (C=N–C) groups is 1. The average Bonchev–Trinajstić information content (AvgIpc) is 2.53. The van der Waals surface area contributed by atoms with E-state index < -0.39 is 11.7 Å². The molecule has 0 bridgehead atoms. The van der Waals surface area contributed by atoms with Gasteiger partial charge in [-0.1, -0.05) is 42.5 Å². The van der Waals surface area contributed by atoms with Gasteiger partial charge in [-0.25, -0.2) is 4.99 Å². The maximum absolute atomic E-state index is 12.6. The van der Waals surface area contributed by atoms with Gasteiger partial charge in [0.1, 0.15) is 0 Å². The van der Waals surface area contributed by atoms with Crippen LogP contribution in [0.4, 0.5) is 13.2 Å². The molecule has 23 heavy (non-hydrogen) atoms. The van der Waals surface area contributed by atoms with Crippen LogP contribution in [0.25, 0.3) is 0 Å². The summed E-state index contributed by atoms with van der Waals surface area (Å²) < 4.78 is 37.9. The Balaban J connectivity index is 1.85. The lowest BCUT2D eigenvalue weighted by Crippen LogP contribution is -2.33. The van der Waals surface area contributed by atoms with E-state index in [1.807, 2.05) is 30.3 Å². The van der Waals surface area contributed by atoms with Crippen LogP contribution in [0.1, 0.15) is 16.7 Å². The van der Waals surface area contributed by atoms with Gasteiger partial charge < -0.3 is 11.1 Å². The van der Waals surface area contributed by atoms with Gasteiger partial charge in [0.15, 0.2) is 5.96 Å². The van der Waals surface area contributed by atoms with Crippen molar-refractivity contribution < 1.29 is 13.2 Å². The van der Waals surface area contributed by atoms with Crippen molar-refractivity contribution in [3.63, 3.8) is 0 Å². The van der Waals surface area contributed by atoms with E-state index in [-0.39, 0.29) is 12.5 Å². The Kier molecular flexibility index (Phi) is 5.62. The Morgan fingerprint density at radius 1 is 1.00 bits per heavy atom. The molecule has 2 rings (SSSR count). The molecule has 0 atom stereocenters. The summed E-state index contributed by atoms with van der Waals surface area (Å²) in [4.78, 5) is 4.06. The molecule has 0 amide bonds. The van der Waals surface area contributed by atoms with Gasteiger partial charge in [-0.2, -0.15) is 13.2 Å². The highest BCUT2D eigenvalue weighted by molar-refractivity contribution is 5.77. The molecule has 3 N–H and O–H groups in total. The second-order valence-electron chi connectivity index (χ2n) is 5.06. The normalized spacial score (nSPS) is 12.2. The fourth-order valence-electron chi connectivity index (χ4n) is 2.06. The van der Waals surface area contributed by atoms with Crippen LogP contribution < -0.4 is 11.1 Å². The van der Waals surface area contributed by atoms with Gasteiger partial charge in [-0.3, -0.25) is 0 Å². The molecule has 122 valence electrons. The van der Waals surface area contributed by atoms with Crippen LogP contribution >= 0.6 is 0 Å². The molecule has 0 aliphatic heterocycles. The third-order valence-corrected chi connectivity index (χ3v) is 3.25. The molecule has 6 heteroatoms. The van der Waals surface area contributed by atoms with Gasteiger partial charge in [0, 0.05) is 6.54 Å². The maximum Gasteiger partial charge on any atom is 0.416 e.